The van der Waals surface area contributed by atoms with Crippen molar-refractivity contribution in [3.05, 3.63) is 0 Å². The molecule has 0 aliphatic heterocycles. The smallest absolute Gasteiger partial charge is 0.0442 e. The number of aliphatic hydroxyl groups excluding tert-OH is 1. The van der Waals surface area contributed by atoms with Gasteiger partial charge in [-0.05, 0) is 6.42 Å². The van der Waals surface area contributed by atoms with Gasteiger partial charge in [0.05, 0.1) is 0 Å². The van der Waals surface area contributed by atoms with E-state index in [1.54, 1.807) is 0 Å². The lowest BCUT2D eigenvalue weighted by atomic mass is 10.1. The first-order valence-electron chi connectivity index (χ1n) is 7.17. The molecule has 0 fully saturated rings. The molecule has 0 bridgehead atoms. The summed E-state index contributed by atoms with van der Waals surface area (Å²) >= 11 is 0. The quantitative estimate of drug-likeness (QED) is 0.408. The molecule has 0 unspecified atom stereocenters. The lowest BCUT2D eigenvalue weighted by Crippen LogP contribution is -2.18. The predicted octanol–water partition coefficient (Wildman–Crippen LogP) is 4.83. The van der Waals surface area contributed by atoms with Gasteiger partial charge in [-0.2, -0.15) is 0 Å². The molecule has 2 heteroatoms. The van der Waals surface area contributed by atoms with Crippen molar-refractivity contribution in [2.24, 2.45) is 0 Å². The molecule has 16 heavy (non-hydrogen) atoms. The van der Waals surface area contributed by atoms with Crippen molar-refractivity contribution in [1.82, 2.24) is 0 Å². The van der Waals surface area contributed by atoms with Crippen LogP contribution in [0.25, 0.3) is 0 Å². The molecule has 0 atom stereocenters. The largest absolute Gasteiger partial charge is 0.396 e. The Morgan fingerprint density at radius 3 is 1.38 bits per heavy atom. The monoisotopic (exact) mass is 244 g/mol. The molecule has 0 heterocycles. The van der Waals surface area contributed by atoms with Crippen molar-refractivity contribution < 1.29 is 5.11 Å². The van der Waals surface area contributed by atoms with Gasteiger partial charge in [-0.15, -0.1) is 0 Å². The molecule has 98 valence electrons. The molecule has 0 aromatic heterocycles. The number of rotatable bonds is 11. The van der Waals surface area contributed by atoms with E-state index in [4.69, 9.17) is 5.11 Å². The summed E-state index contributed by atoms with van der Waals surface area (Å²) in [7, 11) is -0.771. The second-order valence-corrected chi connectivity index (χ2v) is 11.8. The second-order valence-electron chi connectivity index (χ2n) is 6.22. The van der Waals surface area contributed by atoms with Crippen LogP contribution in [-0.4, -0.2) is 19.8 Å². The fourth-order valence-corrected chi connectivity index (χ4v) is 3.32. The zero-order chi connectivity index (χ0) is 12.3. The first-order chi connectivity index (χ1) is 7.56. The zero-order valence-corrected chi connectivity index (χ0v) is 12.7. The Hall–Kier alpha value is 0.177. The lowest BCUT2D eigenvalue weighted by Gasteiger charge is -2.14. The molecule has 0 amide bonds. The van der Waals surface area contributed by atoms with E-state index < -0.39 is 8.07 Å². The normalized spacial score (nSPS) is 12.0. The van der Waals surface area contributed by atoms with E-state index in [1.807, 2.05) is 0 Å². The first kappa shape index (κ1) is 16.2. The maximum atomic E-state index is 8.64. The molecule has 0 aliphatic carbocycles. The Labute approximate surface area is 104 Å². The van der Waals surface area contributed by atoms with E-state index in [0.717, 1.165) is 6.42 Å². The number of hydrogen-bond donors (Lipinski definition) is 1. The van der Waals surface area contributed by atoms with Gasteiger partial charge in [0, 0.05) is 14.7 Å². The fourth-order valence-electron chi connectivity index (χ4n) is 2.00. The standard InChI is InChI=1S/C14H32OSi/c1-16(2,3)14-12-10-8-6-4-5-7-9-11-13-15/h15H,4-14H2,1-3H3. The van der Waals surface area contributed by atoms with E-state index in [-0.39, 0.29) is 0 Å². The van der Waals surface area contributed by atoms with Crippen molar-refractivity contribution in [2.75, 3.05) is 6.61 Å². The average Bonchev–Trinajstić information content (AvgIpc) is 2.19. The third-order valence-corrected chi connectivity index (χ3v) is 4.94. The van der Waals surface area contributed by atoms with Crippen LogP contribution in [0, 0.1) is 0 Å². The average molecular weight is 244 g/mol. The molecular formula is C14H32OSi. The van der Waals surface area contributed by atoms with Crippen LogP contribution in [0.2, 0.25) is 25.7 Å². The summed E-state index contributed by atoms with van der Waals surface area (Å²) in [6.07, 6.45) is 12.1. The molecule has 0 spiro atoms. The number of hydrogen-bond acceptors (Lipinski definition) is 1. The Balaban J connectivity index is 2.99. The molecular weight excluding hydrogens is 212 g/mol. The highest BCUT2D eigenvalue weighted by Gasteiger charge is 2.11. The summed E-state index contributed by atoms with van der Waals surface area (Å²) in [6.45, 7) is 7.77. The van der Waals surface area contributed by atoms with Crippen LogP contribution in [0.5, 0.6) is 0 Å². The van der Waals surface area contributed by atoms with Gasteiger partial charge in [0.25, 0.3) is 0 Å². The highest BCUT2D eigenvalue weighted by molar-refractivity contribution is 6.76. The van der Waals surface area contributed by atoms with Gasteiger partial charge in [0.15, 0.2) is 0 Å². The molecule has 0 aromatic carbocycles. The Morgan fingerprint density at radius 1 is 0.625 bits per heavy atom. The Morgan fingerprint density at radius 2 is 1.00 bits per heavy atom. The minimum atomic E-state index is -0.771. The summed E-state index contributed by atoms with van der Waals surface area (Å²) in [6, 6.07) is 1.50. The SMILES string of the molecule is C[Si](C)(C)CCCCCCCCCCCO. The van der Waals surface area contributed by atoms with Gasteiger partial charge in [-0.25, -0.2) is 0 Å². The van der Waals surface area contributed by atoms with Crippen LogP contribution in [0.1, 0.15) is 57.8 Å². The molecule has 0 aromatic rings. The topological polar surface area (TPSA) is 20.2 Å². The zero-order valence-electron chi connectivity index (χ0n) is 11.7. The highest BCUT2D eigenvalue weighted by atomic mass is 28.3. The van der Waals surface area contributed by atoms with Gasteiger partial charge in [0.2, 0.25) is 0 Å². The third-order valence-electron chi connectivity index (χ3n) is 3.08. The molecule has 0 saturated carbocycles. The van der Waals surface area contributed by atoms with Crippen LogP contribution < -0.4 is 0 Å². The minimum absolute atomic E-state index is 0.372. The maximum Gasteiger partial charge on any atom is 0.0442 e. The third kappa shape index (κ3) is 14.2. The van der Waals surface area contributed by atoms with Crippen molar-refractivity contribution in [2.45, 2.75) is 83.5 Å². The summed E-state index contributed by atoms with van der Waals surface area (Å²) in [5.74, 6) is 0. The number of aliphatic hydroxyl groups is 1. The molecule has 0 radical (unpaired) electrons. The van der Waals surface area contributed by atoms with E-state index in [1.165, 1.54) is 57.4 Å². The minimum Gasteiger partial charge on any atom is -0.396 e. The van der Waals surface area contributed by atoms with Crippen LogP contribution in [-0.2, 0) is 0 Å². The van der Waals surface area contributed by atoms with Crippen molar-refractivity contribution in [3.8, 4) is 0 Å². The lowest BCUT2D eigenvalue weighted by molar-refractivity contribution is 0.282. The van der Waals surface area contributed by atoms with Gasteiger partial charge in [0.1, 0.15) is 0 Å². The van der Waals surface area contributed by atoms with E-state index in [2.05, 4.69) is 19.6 Å². The van der Waals surface area contributed by atoms with Crippen LogP contribution >= 0.6 is 0 Å². The summed E-state index contributed by atoms with van der Waals surface area (Å²) in [5, 5.41) is 8.64. The van der Waals surface area contributed by atoms with E-state index in [9.17, 15) is 0 Å². The first-order valence-corrected chi connectivity index (χ1v) is 10.9. The van der Waals surface area contributed by atoms with Crippen LogP contribution in [0.3, 0.4) is 0 Å². The summed E-state index contributed by atoms with van der Waals surface area (Å²) < 4.78 is 0. The van der Waals surface area contributed by atoms with Gasteiger partial charge in [-0.3, -0.25) is 0 Å². The van der Waals surface area contributed by atoms with E-state index in [0.29, 0.717) is 6.61 Å². The van der Waals surface area contributed by atoms with Crippen LogP contribution in [0.15, 0.2) is 0 Å². The summed E-state index contributed by atoms with van der Waals surface area (Å²) in [5.41, 5.74) is 0. The fraction of sp³-hybridized carbons (Fsp3) is 1.00. The van der Waals surface area contributed by atoms with E-state index >= 15 is 0 Å². The van der Waals surface area contributed by atoms with Crippen molar-refractivity contribution >= 4 is 8.07 Å². The van der Waals surface area contributed by atoms with Crippen LogP contribution in [0.4, 0.5) is 0 Å². The van der Waals surface area contributed by atoms with Gasteiger partial charge < -0.3 is 5.11 Å². The molecule has 0 aliphatic rings. The second kappa shape index (κ2) is 10.3. The van der Waals surface area contributed by atoms with Gasteiger partial charge in [-0.1, -0.05) is 77.1 Å². The highest BCUT2D eigenvalue weighted by Crippen LogP contribution is 2.16. The summed E-state index contributed by atoms with van der Waals surface area (Å²) in [4.78, 5) is 0. The molecule has 1 nitrogen and oxygen atoms in total. The predicted molar refractivity (Wildman–Crippen MR) is 76.8 cm³/mol. The molecule has 0 saturated heterocycles. The molecule has 0 rings (SSSR count). The number of unbranched alkanes of at least 4 members (excludes halogenated alkanes) is 8. The Bertz CT molecular complexity index is 140. The van der Waals surface area contributed by atoms with Crippen molar-refractivity contribution in [1.29, 1.82) is 0 Å². The van der Waals surface area contributed by atoms with Crippen molar-refractivity contribution in [3.63, 3.8) is 0 Å². The molecule has 1 N–H and O–H groups in total. The Kier molecular flexibility index (Phi) is 10.5. The maximum absolute atomic E-state index is 8.64. The van der Waals surface area contributed by atoms with Gasteiger partial charge >= 0.3 is 0 Å².